The molecule has 4 rings (SSSR count). The van der Waals surface area contributed by atoms with Gasteiger partial charge in [0.1, 0.15) is 0 Å². The summed E-state index contributed by atoms with van der Waals surface area (Å²) in [5.41, 5.74) is -0.132. The molecule has 0 radical (unpaired) electrons. The van der Waals surface area contributed by atoms with E-state index in [1.165, 1.54) is 30.4 Å². The number of rotatable bonds is 5. The second kappa shape index (κ2) is 8.84. The van der Waals surface area contributed by atoms with Gasteiger partial charge in [-0.2, -0.15) is 0 Å². The zero-order chi connectivity index (χ0) is 23.9. The van der Waals surface area contributed by atoms with Crippen LogP contribution in [0.25, 0.3) is 0 Å². The van der Waals surface area contributed by atoms with Crippen molar-refractivity contribution < 1.29 is 29.3 Å². The predicted molar refractivity (Wildman–Crippen MR) is 112 cm³/mol. The number of carbonyl (C=O) groups is 3. The molecule has 0 aromatic rings. The van der Waals surface area contributed by atoms with Gasteiger partial charge < -0.3 is 5.11 Å². The van der Waals surface area contributed by atoms with Crippen molar-refractivity contribution in [3.05, 3.63) is 67.5 Å². The molecule has 0 bridgehead atoms. The van der Waals surface area contributed by atoms with Crippen LogP contribution in [0.2, 0.25) is 0 Å². The maximum absolute atomic E-state index is 12.7. The summed E-state index contributed by atoms with van der Waals surface area (Å²) in [7, 11) is 0. The molecule has 0 saturated heterocycles. The van der Waals surface area contributed by atoms with Gasteiger partial charge in [-0.25, -0.2) is 0 Å². The summed E-state index contributed by atoms with van der Waals surface area (Å²) < 4.78 is 0. The zero-order valence-electron chi connectivity index (χ0n) is 17.8. The Balaban J connectivity index is 1.48. The van der Waals surface area contributed by atoms with Crippen molar-refractivity contribution in [1.82, 2.24) is 0 Å². The number of fused-ring (bicyclic) bond motifs is 2. The maximum atomic E-state index is 12.7. The Morgan fingerprint density at radius 3 is 1.91 bits per heavy atom. The average molecular weight is 455 g/mol. The van der Waals surface area contributed by atoms with Gasteiger partial charge in [0.2, 0.25) is 12.1 Å². The smallest absolute Gasteiger partial charge is 0.223 e. The van der Waals surface area contributed by atoms with E-state index in [9.17, 15) is 39.7 Å². The van der Waals surface area contributed by atoms with Crippen LogP contribution in [0, 0.1) is 43.9 Å². The first-order chi connectivity index (χ1) is 15.7. The van der Waals surface area contributed by atoms with Gasteiger partial charge in [-0.1, -0.05) is 24.3 Å². The third-order valence-corrected chi connectivity index (χ3v) is 7.36. The van der Waals surface area contributed by atoms with Gasteiger partial charge >= 0.3 is 0 Å². The first kappa shape index (κ1) is 22.8. The molecule has 0 amide bonds. The first-order valence-corrected chi connectivity index (χ1v) is 11.1. The summed E-state index contributed by atoms with van der Waals surface area (Å²) in [5, 5.41) is 35.2. The van der Waals surface area contributed by atoms with Crippen LogP contribution in [-0.2, 0) is 14.4 Å². The summed E-state index contributed by atoms with van der Waals surface area (Å²) in [6.45, 7) is 0. The quantitative estimate of drug-likeness (QED) is 0.198. The summed E-state index contributed by atoms with van der Waals surface area (Å²) in [5.74, 6) is -4.92. The molecule has 6 atom stereocenters. The molecule has 6 unspecified atom stereocenters. The highest BCUT2D eigenvalue weighted by atomic mass is 16.6. The number of Topliss-reactive ketones (excluding diaryl/α,β-unsaturated/α-hetero) is 3. The Hall–Kier alpha value is -3.43. The van der Waals surface area contributed by atoms with Crippen molar-refractivity contribution in [2.75, 3.05) is 0 Å². The second-order valence-electron chi connectivity index (χ2n) is 9.03. The lowest BCUT2D eigenvalue weighted by atomic mass is 9.77. The first-order valence-electron chi connectivity index (χ1n) is 11.1. The van der Waals surface area contributed by atoms with Crippen molar-refractivity contribution >= 4 is 17.3 Å². The van der Waals surface area contributed by atoms with Crippen LogP contribution in [-0.4, -0.2) is 39.3 Å². The lowest BCUT2D eigenvalue weighted by Gasteiger charge is -2.30. The summed E-state index contributed by atoms with van der Waals surface area (Å²) >= 11 is 0. The van der Waals surface area contributed by atoms with Crippen LogP contribution in [0.5, 0.6) is 0 Å². The zero-order valence-corrected chi connectivity index (χ0v) is 17.8. The van der Waals surface area contributed by atoms with E-state index in [-0.39, 0.29) is 35.5 Å². The van der Waals surface area contributed by atoms with Gasteiger partial charge in [0.05, 0.1) is 17.4 Å². The van der Waals surface area contributed by atoms with Gasteiger partial charge in [-0.3, -0.25) is 34.6 Å². The number of hydrogen-bond donors (Lipinski definition) is 0. The second-order valence-corrected chi connectivity index (χ2v) is 9.03. The van der Waals surface area contributed by atoms with E-state index in [1.807, 2.05) is 0 Å². The topological polar surface area (TPSA) is 161 Å². The minimum atomic E-state index is -1.04. The molecular weight excluding hydrogens is 432 g/mol. The van der Waals surface area contributed by atoms with Crippen molar-refractivity contribution in [3.8, 4) is 0 Å². The van der Waals surface area contributed by atoms with Gasteiger partial charge in [-0.15, -0.1) is 5.76 Å². The monoisotopic (exact) mass is 455 g/mol. The fourth-order valence-corrected chi connectivity index (χ4v) is 5.82. The van der Waals surface area contributed by atoms with Crippen LogP contribution < -0.4 is 5.11 Å². The summed E-state index contributed by atoms with van der Waals surface area (Å²) in [6.07, 6.45) is 9.42. The van der Waals surface area contributed by atoms with E-state index in [0.717, 1.165) is 0 Å². The largest absolute Gasteiger partial charge is 0.875 e. The molecule has 10 nitrogen and oxygen atoms in total. The summed E-state index contributed by atoms with van der Waals surface area (Å²) in [4.78, 5) is 59.5. The van der Waals surface area contributed by atoms with E-state index in [1.54, 1.807) is 0 Å². The highest BCUT2D eigenvalue weighted by Gasteiger charge is 2.55. The Labute approximate surface area is 189 Å². The highest BCUT2D eigenvalue weighted by Crippen LogP contribution is 2.43. The van der Waals surface area contributed by atoms with Gasteiger partial charge in [0.15, 0.2) is 17.3 Å². The van der Waals surface area contributed by atoms with Gasteiger partial charge in [0.25, 0.3) is 0 Å². The molecule has 0 spiro atoms. The maximum Gasteiger partial charge on any atom is 0.223 e. The SMILES string of the molecule is O=C1C(=CC=CC=CC2=C([O-])C3CCCC([N+](=O)[O-])C3C2=O)C(=O)C2C1CCCC2[N+](=O)[O-]. The molecule has 0 aliphatic heterocycles. The third kappa shape index (κ3) is 3.83. The number of nitro groups is 2. The molecule has 174 valence electrons. The highest BCUT2D eigenvalue weighted by molar-refractivity contribution is 6.27. The normalized spacial score (nSPS) is 35.6. The fraction of sp³-hybridized carbons (Fsp3) is 0.522. The minimum absolute atomic E-state index is 0.0658. The van der Waals surface area contributed by atoms with Crippen molar-refractivity contribution in [2.24, 2.45) is 23.7 Å². The van der Waals surface area contributed by atoms with Crippen LogP contribution in [0.1, 0.15) is 38.5 Å². The molecule has 0 N–H and O–H groups in total. The van der Waals surface area contributed by atoms with E-state index in [2.05, 4.69) is 0 Å². The van der Waals surface area contributed by atoms with Crippen LogP contribution >= 0.6 is 0 Å². The molecule has 3 fully saturated rings. The molecular formula is C23H23N2O8-. The van der Waals surface area contributed by atoms with Gasteiger partial charge in [-0.05, 0) is 37.7 Å². The molecule has 0 aromatic heterocycles. The standard InChI is InChI=1S/C23H24N2O8/c26-20-12-8-4-10-16(24(30)31)18(12)22(28)14(20)6-2-1-3-7-15-21(27)13-9-5-11-17(25(32)33)19(13)23(15)29/h1-3,6-7,12-13,16-19,26H,4-5,8-11H2/p-1. The molecule has 10 heteroatoms. The third-order valence-electron chi connectivity index (χ3n) is 7.36. The molecule has 0 heterocycles. The Morgan fingerprint density at radius 1 is 0.727 bits per heavy atom. The fourth-order valence-electron chi connectivity index (χ4n) is 5.82. The van der Waals surface area contributed by atoms with Crippen molar-refractivity contribution in [3.63, 3.8) is 0 Å². The molecule has 4 aliphatic rings. The van der Waals surface area contributed by atoms with Crippen molar-refractivity contribution in [2.45, 2.75) is 50.6 Å². The van der Waals surface area contributed by atoms with E-state index in [4.69, 9.17) is 0 Å². The van der Waals surface area contributed by atoms with E-state index >= 15 is 0 Å². The van der Waals surface area contributed by atoms with Gasteiger partial charge in [0, 0.05) is 34.2 Å². The van der Waals surface area contributed by atoms with E-state index in [0.29, 0.717) is 25.7 Å². The van der Waals surface area contributed by atoms with Crippen LogP contribution in [0.4, 0.5) is 0 Å². The molecule has 3 saturated carbocycles. The number of carbonyl (C=O) groups excluding carboxylic acids is 3. The number of nitrogens with zero attached hydrogens (tertiary/aromatic N) is 2. The lowest BCUT2D eigenvalue weighted by Crippen LogP contribution is -2.40. The molecule has 4 aliphatic carbocycles. The average Bonchev–Trinajstić information content (AvgIpc) is 3.18. The minimum Gasteiger partial charge on any atom is -0.875 e. The Morgan fingerprint density at radius 2 is 1.30 bits per heavy atom. The van der Waals surface area contributed by atoms with Crippen molar-refractivity contribution in [1.29, 1.82) is 0 Å². The lowest BCUT2D eigenvalue weighted by molar-refractivity contribution is -0.534. The molecule has 0 aromatic carbocycles. The summed E-state index contributed by atoms with van der Waals surface area (Å²) in [6, 6.07) is -2.09. The Kier molecular flexibility index (Phi) is 6.09. The number of ketones is 3. The number of hydrogen-bond acceptors (Lipinski definition) is 8. The van der Waals surface area contributed by atoms with Crippen LogP contribution in [0.15, 0.2) is 47.3 Å². The predicted octanol–water partition coefficient (Wildman–Crippen LogP) is 1.50. The number of allylic oxidation sites excluding steroid dienone is 8. The Bertz CT molecular complexity index is 1050. The van der Waals surface area contributed by atoms with Crippen LogP contribution in [0.3, 0.4) is 0 Å². The van der Waals surface area contributed by atoms with E-state index < -0.39 is 57.2 Å². The molecule has 33 heavy (non-hydrogen) atoms.